The van der Waals surface area contributed by atoms with Gasteiger partial charge in [0, 0.05) is 5.69 Å². The van der Waals surface area contributed by atoms with Crippen molar-refractivity contribution >= 4 is 11.7 Å². The molecule has 0 aromatic heterocycles. The fourth-order valence-corrected chi connectivity index (χ4v) is 1.20. The number of anilines is 1. The molecule has 3 nitrogen and oxygen atoms in total. The van der Waals surface area contributed by atoms with Crippen molar-refractivity contribution < 1.29 is 27.1 Å². The van der Waals surface area contributed by atoms with Crippen LogP contribution >= 0.6 is 0 Å². The number of rotatable bonds is 4. The summed E-state index contributed by atoms with van der Waals surface area (Å²) < 4.78 is 54.9. The van der Waals surface area contributed by atoms with Crippen LogP contribution in [0.5, 0.6) is 0 Å². The van der Waals surface area contributed by atoms with Gasteiger partial charge in [0.1, 0.15) is 11.5 Å². The Kier molecular flexibility index (Phi) is 4.91. The van der Waals surface area contributed by atoms with Crippen LogP contribution in [0.25, 0.3) is 0 Å². The normalized spacial score (nSPS) is 12.2. The van der Waals surface area contributed by atoms with E-state index in [2.05, 4.69) is 10.1 Å². The number of allylic oxidation sites excluding steroid dienone is 1. The Labute approximate surface area is 106 Å². The monoisotopic (exact) mass is 277 g/mol. The van der Waals surface area contributed by atoms with E-state index in [1.165, 1.54) is 0 Å². The van der Waals surface area contributed by atoms with Gasteiger partial charge >= 0.3 is 12.1 Å². The second kappa shape index (κ2) is 6.21. The number of carbonyl (C=O) groups excluding carboxylic acids is 1. The average molecular weight is 277 g/mol. The largest absolute Gasteiger partial charge is 0.469 e. The summed E-state index contributed by atoms with van der Waals surface area (Å²) in [6, 6.07) is 4.37. The minimum absolute atomic E-state index is 0.0647. The maximum atomic E-state index is 12.7. The van der Waals surface area contributed by atoms with Crippen molar-refractivity contribution in [2.45, 2.75) is 12.6 Å². The van der Waals surface area contributed by atoms with Gasteiger partial charge in [-0.2, -0.15) is 13.2 Å². The third-order valence-electron chi connectivity index (χ3n) is 2.13. The summed E-state index contributed by atoms with van der Waals surface area (Å²) in [7, 11) is 1.08. The molecule has 0 fully saturated rings. The Morgan fingerprint density at radius 3 is 2.37 bits per heavy atom. The first kappa shape index (κ1) is 15.0. The predicted molar refractivity (Wildman–Crippen MR) is 60.8 cm³/mol. The van der Waals surface area contributed by atoms with E-state index in [0.29, 0.717) is 6.08 Å². The first-order valence-corrected chi connectivity index (χ1v) is 5.19. The van der Waals surface area contributed by atoms with Crippen LogP contribution in [0.1, 0.15) is 6.42 Å². The number of benzene rings is 1. The van der Waals surface area contributed by atoms with Crippen molar-refractivity contribution in [3.05, 3.63) is 41.9 Å². The van der Waals surface area contributed by atoms with E-state index in [1.807, 2.05) is 0 Å². The van der Waals surface area contributed by atoms with Crippen molar-refractivity contribution in [2.24, 2.45) is 0 Å². The van der Waals surface area contributed by atoms with Gasteiger partial charge in [-0.25, -0.2) is 4.39 Å². The number of ether oxygens (including phenoxy) is 1. The smallest absolute Gasteiger partial charge is 0.430 e. The van der Waals surface area contributed by atoms with Gasteiger partial charge in [0.05, 0.1) is 13.5 Å². The van der Waals surface area contributed by atoms with Gasteiger partial charge in [-0.1, -0.05) is 0 Å². The fraction of sp³-hybridized carbons (Fsp3) is 0.250. The number of hydrogen-bond acceptors (Lipinski definition) is 3. The molecular weight excluding hydrogens is 266 g/mol. The van der Waals surface area contributed by atoms with Gasteiger partial charge in [0.15, 0.2) is 0 Å². The van der Waals surface area contributed by atoms with Crippen molar-refractivity contribution in [1.29, 1.82) is 0 Å². The lowest BCUT2D eigenvalue weighted by atomic mass is 10.2. The molecule has 1 aromatic rings. The molecule has 104 valence electrons. The summed E-state index contributed by atoms with van der Waals surface area (Å²) in [4.78, 5) is 10.8. The van der Waals surface area contributed by atoms with Gasteiger partial charge < -0.3 is 10.1 Å². The van der Waals surface area contributed by atoms with E-state index in [4.69, 9.17) is 0 Å². The molecule has 0 amide bonds. The lowest BCUT2D eigenvalue weighted by molar-refractivity contribution is -0.139. The Morgan fingerprint density at radius 1 is 1.32 bits per heavy atom. The molecule has 19 heavy (non-hydrogen) atoms. The zero-order chi connectivity index (χ0) is 14.5. The Morgan fingerprint density at radius 2 is 1.89 bits per heavy atom. The number of halogens is 4. The van der Waals surface area contributed by atoms with Crippen LogP contribution in [0.4, 0.5) is 23.2 Å². The van der Waals surface area contributed by atoms with Crippen LogP contribution in [0.3, 0.4) is 0 Å². The van der Waals surface area contributed by atoms with Crippen molar-refractivity contribution in [1.82, 2.24) is 0 Å². The van der Waals surface area contributed by atoms with Crippen molar-refractivity contribution in [3.8, 4) is 0 Å². The Hall–Kier alpha value is -2.05. The lowest BCUT2D eigenvalue weighted by Crippen LogP contribution is -2.19. The minimum Gasteiger partial charge on any atom is -0.469 e. The highest BCUT2D eigenvalue weighted by Gasteiger charge is 2.33. The standard InChI is InChI=1S/C12H11F4NO2/c1-19-11(18)7-6-10(12(14,15)16)17-9-4-2-8(13)3-5-9/h2-6,17H,7H2,1H3. The lowest BCUT2D eigenvalue weighted by Gasteiger charge is -2.14. The van der Waals surface area contributed by atoms with Gasteiger partial charge in [0.2, 0.25) is 0 Å². The van der Waals surface area contributed by atoms with Gasteiger partial charge in [0.25, 0.3) is 0 Å². The molecule has 0 heterocycles. The minimum atomic E-state index is -4.65. The topological polar surface area (TPSA) is 38.3 Å². The van der Waals surface area contributed by atoms with E-state index in [1.54, 1.807) is 0 Å². The molecule has 7 heteroatoms. The number of alkyl halides is 3. The number of nitrogens with one attached hydrogen (secondary N) is 1. The third kappa shape index (κ3) is 4.99. The molecule has 0 aliphatic heterocycles. The molecule has 1 rings (SSSR count). The number of carbonyl (C=O) groups is 1. The van der Waals surface area contributed by atoms with E-state index >= 15 is 0 Å². The van der Waals surface area contributed by atoms with E-state index in [0.717, 1.165) is 31.4 Å². The highest BCUT2D eigenvalue weighted by Crippen LogP contribution is 2.27. The van der Waals surface area contributed by atoms with Crippen molar-refractivity contribution in [3.63, 3.8) is 0 Å². The number of methoxy groups -OCH3 is 1. The summed E-state index contributed by atoms with van der Waals surface area (Å²) in [5.74, 6) is -1.35. The van der Waals surface area contributed by atoms with Crippen LogP contribution in [-0.4, -0.2) is 19.3 Å². The maximum Gasteiger partial charge on any atom is 0.430 e. The summed E-state index contributed by atoms with van der Waals surface area (Å²) in [5, 5.41) is 2.09. The molecule has 1 N–H and O–H groups in total. The van der Waals surface area contributed by atoms with Gasteiger partial charge in [-0.05, 0) is 30.3 Å². The van der Waals surface area contributed by atoms with Crippen LogP contribution < -0.4 is 5.32 Å². The highest BCUT2D eigenvalue weighted by molar-refractivity contribution is 5.71. The van der Waals surface area contributed by atoms with Gasteiger partial charge in [-0.15, -0.1) is 0 Å². The molecule has 0 saturated carbocycles. The molecule has 1 aromatic carbocycles. The number of esters is 1. The molecule has 0 saturated heterocycles. The highest BCUT2D eigenvalue weighted by atomic mass is 19.4. The molecule has 0 unspecified atom stereocenters. The molecule has 0 bridgehead atoms. The average Bonchev–Trinajstić information content (AvgIpc) is 2.34. The second-order valence-electron chi connectivity index (χ2n) is 3.53. The van der Waals surface area contributed by atoms with Crippen LogP contribution in [0.2, 0.25) is 0 Å². The maximum absolute atomic E-state index is 12.7. The fourth-order valence-electron chi connectivity index (χ4n) is 1.20. The number of hydrogen-bond donors (Lipinski definition) is 1. The zero-order valence-electron chi connectivity index (χ0n) is 9.92. The van der Waals surface area contributed by atoms with E-state index in [-0.39, 0.29) is 5.69 Å². The summed E-state index contributed by atoms with van der Waals surface area (Å²) in [5.41, 5.74) is -1.04. The molecular formula is C12H11F4NO2. The van der Waals surface area contributed by atoms with Crippen LogP contribution in [-0.2, 0) is 9.53 Å². The van der Waals surface area contributed by atoms with Crippen LogP contribution in [0.15, 0.2) is 36.0 Å². The molecule has 0 spiro atoms. The first-order chi connectivity index (χ1) is 8.82. The Bertz CT molecular complexity index is 466. The molecule has 0 aliphatic rings. The summed E-state index contributed by atoms with van der Waals surface area (Å²) >= 11 is 0. The molecule has 0 aliphatic carbocycles. The Balaban J connectivity index is 2.86. The molecule has 0 radical (unpaired) electrons. The zero-order valence-corrected chi connectivity index (χ0v) is 9.92. The quantitative estimate of drug-likeness (QED) is 0.678. The second-order valence-corrected chi connectivity index (χ2v) is 3.53. The third-order valence-corrected chi connectivity index (χ3v) is 2.13. The predicted octanol–water partition coefficient (Wildman–Crippen LogP) is 3.25. The first-order valence-electron chi connectivity index (χ1n) is 5.19. The summed E-state index contributed by atoms with van der Waals surface area (Å²) in [6.07, 6.45) is -4.49. The van der Waals surface area contributed by atoms with E-state index in [9.17, 15) is 22.4 Å². The van der Waals surface area contributed by atoms with E-state index < -0.39 is 30.1 Å². The molecule has 0 atom stereocenters. The van der Waals surface area contributed by atoms with Crippen LogP contribution in [0, 0.1) is 5.82 Å². The summed E-state index contributed by atoms with van der Waals surface area (Å²) in [6.45, 7) is 0. The van der Waals surface area contributed by atoms with Gasteiger partial charge in [-0.3, -0.25) is 4.79 Å². The SMILES string of the molecule is COC(=O)CC=C(Nc1ccc(F)cc1)C(F)(F)F. The van der Waals surface area contributed by atoms with Crippen molar-refractivity contribution in [2.75, 3.05) is 12.4 Å².